The fraction of sp³-hybridized carbons (Fsp3) is 0.100. The van der Waals surface area contributed by atoms with Crippen LogP contribution in [0.1, 0.15) is 11.7 Å². The van der Waals surface area contributed by atoms with Crippen molar-refractivity contribution in [3.05, 3.63) is 35.9 Å². The molecule has 1 aromatic carbocycles. The molecule has 1 aliphatic heterocycles. The normalized spacial score (nSPS) is 20.0. The van der Waals surface area contributed by atoms with Crippen LogP contribution in [-0.4, -0.2) is 23.2 Å². The van der Waals surface area contributed by atoms with Gasteiger partial charge in [-0.1, -0.05) is 30.3 Å². The van der Waals surface area contributed by atoms with Crippen molar-refractivity contribution in [3.63, 3.8) is 0 Å². The van der Waals surface area contributed by atoms with Crippen LogP contribution in [0.15, 0.2) is 40.3 Å². The summed E-state index contributed by atoms with van der Waals surface area (Å²) in [5.41, 5.74) is 11.9. The fourth-order valence-electron chi connectivity index (χ4n) is 1.49. The van der Waals surface area contributed by atoms with Gasteiger partial charge in [-0.2, -0.15) is 4.99 Å². The Morgan fingerprint density at radius 2 is 1.94 bits per heavy atom. The van der Waals surface area contributed by atoms with E-state index in [4.69, 9.17) is 11.5 Å². The smallest absolute Gasteiger partial charge is 0.221 e. The summed E-state index contributed by atoms with van der Waals surface area (Å²) in [6.07, 6.45) is 0.0584. The van der Waals surface area contributed by atoms with Crippen LogP contribution in [0.5, 0.6) is 0 Å². The molecule has 6 heteroatoms. The largest absolute Gasteiger partial charge is 0.369 e. The lowest BCUT2D eigenvalue weighted by Crippen LogP contribution is -2.43. The summed E-state index contributed by atoms with van der Waals surface area (Å²) in [5.74, 6) is 0.126. The number of carbonyl (C=O) groups is 1. The number of guanidine groups is 2. The predicted octanol–water partition coefficient (Wildman–Crippen LogP) is -0.213. The molecule has 0 aliphatic carbocycles. The molecule has 16 heavy (non-hydrogen) atoms. The van der Waals surface area contributed by atoms with E-state index >= 15 is 0 Å². The molecule has 4 N–H and O–H groups in total. The van der Waals surface area contributed by atoms with Gasteiger partial charge in [-0.3, -0.25) is 9.69 Å². The number of nitrogens with two attached hydrogens (primary N) is 2. The molecule has 0 bridgehead atoms. The van der Waals surface area contributed by atoms with E-state index in [1.807, 2.05) is 30.3 Å². The number of hydrogen-bond acceptors (Lipinski definition) is 5. The lowest BCUT2D eigenvalue weighted by atomic mass is 10.1. The Balaban J connectivity index is 2.41. The average Bonchev–Trinajstić information content (AvgIpc) is 2.29. The third-order valence-electron chi connectivity index (χ3n) is 2.22. The molecule has 0 saturated carbocycles. The van der Waals surface area contributed by atoms with Crippen LogP contribution in [0.25, 0.3) is 0 Å². The van der Waals surface area contributed by atoms with Gasteiger partial charge < -0.3 is 11.5 Å². The van der Waals surface area contributed by atoms with Crippen LogP contribution in [0.4, 0.5) is 0 Å². The van der Waals surface area contributed by atoms with E-state index in [2.05, 4.69) is 9.98 Å². The zero-order valence-electron chi connectivity index (χ0n) is 8.45. The van der Waals surface area contributed by atoms with Crippen LogP contribution in [0, 0.1) is 0 Å². The van der Waals surface area contributed by atoms with Crippen molar-refractivity contribution in [2.75, 3.05) is 0 Å². The molecule has 2 rings (SSSR count). The van der Waals surface area contributed by atoms with Gasteiger partial charge in [-0.25, -0.2) is 4.99 Å². The Bertz CT molecular complexity index is 454. The Kier molecular flexibility index (Phi) is 2.55. The monoisotopic (exact) mass is 217 g/mol. The van der Waals surface area contributed by atoms with Gasteiger partial charge in [-0.15, -0.1) is 0 Å². The van der Waals surface area contributed by atoms with Gasteiger partial charge in [0.05, 0.1) is 0 Å². The van der Waals surface area contributed by atoms with E-state index in [0.29, 0.717) is 6.41 Å². The van der Waals surface area contributed by atoms with Crippen molar-refractivity contribution >= 4 is 18.3 Å². The Morgan fingerprint density at radius 1 is 1.25 bits per heavy atom. The molecule has 0 aromatic heterocycles. The molecule has 6 nitrogen and oxygen atoms in total. The summed E-state index contributed by atoms with van der Waals surface area (Å²) in [6.45, 7) is 0. The van der Waals surface area contributed by atoms with Crippen LogP contribution < -0.4 is 11.5 Å². The van der Waals surface area contributed by atoms with Crippen molar-refractivity contribution in [1.29, 1.82) is 0 Å². The molecule has 1 aromatic rings. The highest BCUT2D eigenvalue weighted by Gasteiger charge is 2.24. The molecule has 0 saturated heterocycles. The Hall–Kier alpha value is -2.37. The number of benzene rings is 1. The maximum Gasteiger partial charge on any atom is 0.221 e. The minimum atomic E-state index is -0.531. The van der Waals surface area contributed by atoms with Crippen molar-refractivity contribution in [3.8, 4) is 0 Å². The third kappa shape index (κ3) is 1.72. The van der Waals surface area contributed by atoms with E-state index in [9.17, 15) is 4.79 Å². The standard InChI is InChI=1S/C10H11N5O/c11-9-13-8(7-4-2-1-3-5-7)15(6-16)10(12)14-9/h1-6,8H,(H4,11,12,13,14). The third-order valence-corrected chi connectivity index (χ3v) is 2.22. The maximum absolute atomic E-state index is 10.9. The van der Waals surface area contributed by atoms with Crippen LogP contribution in [0.2, 0.25) is 0 Å². The summed E-state index contributed by atoms with van der Waals surface area (Å²) in [5, 5.41) is 0. The predicted molar refractivity (Wildman–Crippen MR) is 60.3 cm³/mol. The summed E-state index contributed by atoms with van der Waals surface area (Å²) >= 11 is 0. The maximum atomic E-state index is 10.9. The minimum Gasteiger partial charge on any atom is -0.369 e. The second-order valence-corrected chi connectivity index (χ2v) is 3.25. The number of rotatable bonds is 2. The number of carbonyl (C=O) groups excluding carboxylic acids is 1. The first-order chi connectivity index (χ1) is 7.72. The topological polar surface area (TPSA) is 97.1 Å². The van der Waals surface area contributed by atoms with Crippen LogP contribution >= 0.6 is 0 Å². The zero-order chi connectivity index (χ0) is 11.5. The summed E-state index contributed by atoms with van der Waals surface area (Å²) in [6, 6.07) is 9.27. The van der Waals surface area contributed by atoms with Gasteiger partial charge in [-0.05, 0) is 5.56 Å². The molecule has 1 heterocycles. The lowest BCUT2D eigenvalue weighted by molar-refractivity contribution is -0.116. The minimum absolute atomic E-state index is 0.0522. The summed E-state index contributed by atoms with van der Waals surface area (Å²) in [4.78, 5) is 19.9. The first-order valence-electron chi connectivity index (χ1n) is 4.68. The number of amides is 1. The number of hydrogen-bond donors (Lipinski definition) is 2. The van der Waals surface area contributed by atoms with Crippen LogP contribution in [0.3, 0.4) is 0 Å². The van der Waals surface area contributed by atoms with Gasteiger partial charge in [0.15, 0.2) is 6.17 Å². The molecule has 1 atom stereocenters. The Labute approximate surface area is 92.3 Å². The van der Waals surface area contributed by atoms with E-state index in [0.717, 1.165) is 5.56 Å². The second kappa shape index (κ2) is 4.01. The van der Waals surface area contributed by atoms with Gasteiger partial charge in [0, 0.05) is 0 Å². The lowest BCUT2D eigenvalue weighted by Gasteiger charge is -2.27. The highest BCUT2D eigenvalue weighted by atomic mass is 16.1. The molecule has 0 radical (unpaired) electrons. The molecule has 0 fully saturated rings. The molecular formula is C10H11N5O. The second-order valence-electron chi connectivity index (χ2n) is 3.25. The van der Waals surface area contributed by atoms with Gasteiger partial charge in [0.2, 0.25) is 18.3 Å². The molecular weight excluding hydrogens is 206 g/mol. The van der Waals surface area contributed by atoms with Crippen molar-refractivity contribution in [1.82, 2.24) is 4.90 Å². The fourth-order valence-corrected chi connectivity index (χ4v) is 1.49. The van der Waals surface area contributed by atoms with Gasteiger partial charge >= 0.3 is 0 Å². The van der Waals surface area contributed by atoms with Crippen molar-refractivity contribution in [2.24, 2.45) is 21.5 Å². The SMILES string of the molecule is NC1=NC(c2ccccc2)N(C=O)C(N)=N1. The summed E-state index contributed by atoms with van der Waals surface area (Å²) < 4.78 is 0. The quantitative estimate of drug-likeness (QED) is 0.670. The molecule has 1 aliphatic rings. The van der Waals surface area contributed by atoms with E-state index in [-0.39, 0.29) is 11.9 Å². The average molecular weight is 217 g/mol. The zero-order valence-corrected chi connectivity index (χ0v) is 8.45. The molecule has 1 amide bonds. The first kappa shape index (κ1) is 10.2. The summed E-state index contributed by atoms with van der Waals surface area (Å²) in [7, 11) is 0. The Morgan fingerprint density at radius 3 is 2.56 bits per heavy atom. The van der Waals surface area contributed by atoms with Crippen LogP contribution in [-0.2, 0) is 4.79 Å². The van der Waals surface area contributed by atoms with Gasteiger partial charge in [0.25, 0.3) is 0 Å². The first-order valence-corrected chi connectivity index (χ1v) is 4.68. The van der Waals surface area contributed by atoms with Crippen molar-refractivity contribution in [2.45, 2.75) is 6.17 Å². The number of nitrogens with zero attached hydrogens (tertiary/aromatic N) is 3. The van der Waals surface area contributed by atoms with E-state index < -0.39 is 6.17 Å². The molecule has 1 unspecified atom stereocenters. The van der Waals surface area contributed by atoms with Gasteiger partial charge in [0.1, 0.15) is 0 Å². The highest BCUT2D eigenvalue weighted by molar-refractivity contribution is 5.99. The number of aliphatic imine (C=N–C) groups is 2. The molecule has 0 spiro atoms. The van der Waals surface area contributed by atoms with E-state index in [1.165, 1.54) is 4.90 Å². The highest BCUT2D eigenvalue weighted by Crippen LogP contribution is 2.22. The van der Waals surface area contributed by atoms with Crippen molar-refractivity contribution < 1.29 is 4.79 Å². The molecule has 82 valence electrons. The van der Waals surface area contributed by atoms with E-state index in [1.54, 1.807) is 0 Å².